The second-order valence-electron chi connectivity index (χ2n) is 14.1. The van der Waals surface area contributed by atoms with E-state index in [0.717, 1.165) is 53.8 Å². The predicted molar refractivity (Wildman–Crippen MR) is 197 cm³/mol. The van der Waals surface area contributed by atoms with Gasteiger partial charge in [-0.3, -0.25) is 9.78 Å². The Balaban J connectivity index is 0.000000236. The van der Waals surface area contributed by atoms with E-state index in [1.807, 2.05) is 6.07 Å². The van der Waals surface area contributed by atoms with E-state index in [-0.39, 0.29) is 45.2 Å². The maximum absolute atomic E-state index is 12.0. The summed E-state index contributed by atoms with van der Waals surface area (Å²) in [7, 11) is 0. The van der Waals surface area contributed by atoms with Crippen molar-refractivity contribution in [3.63, 3.8) is 0 Å². The molecule has 0 aliphatic heterocycles. The van der Waals surface area contributed by atoms with E-state index in [1.165, 1.54) is 93.4 Å². The molecule has 3 aromatic carbocycles. The molecule has 0 saturated heterocycles. The van der Waals surface area contributed by atoms with E-state index in [0.29, 0.717) is 11.7 Å². The summed E-state index contributed by atoms with van der Waals surface area (Å²) in [5.41, 5.74) is 4.52. The molecule has 5 heteroatoms. The number of benzene rings is 3. The Labute approximate surface area is 302 Å². The molecule has 259 valence electrons. The average molecular weight is 824 g/mol. The second-order valence-corrected chi connectivity index (χ2v) is 14.1. The monoisotopic (exact) mass is 824 g/mol. The van der Waals surface area contributed by atoms with Gasteiger partial charge in [0.2, 0.25) is 0 Å². The quantitative estimate of drug-likeness (QED) is 0.115. The van der Waals surface area contributed by atoms with E-state index in [1.54, 1.807) is 12.4 Å². The maximum atomic E-state index is 12.0. The number of aliphatic hydroxyl groups is 1. The zero-order valence-electron chi connectivity index (χ0n) is 28.1. The number of fused-ring (bicyclic) bond motifs is 2. The zero-order chi connectivity index (χ0) is 31.7. The third-order valence-electron chi connectivity index (χ3n) is 11.0. The largest absolute Gasteiger partial charge is 0.512 e. The van der Waals surface area contributed by atoms with Crippen LogP contribution in [0.3, 0.4) is 0 Å². The molecule has 3 aliphatic carbocycles. The van der Waals surface area contributed by atoms with Gasteiger partial charge in [0.25, 0.3) is 0 Å². The van der Waals surface area contributed by atoms with Crippen LogP contribution in [0, 0.1) is 23.8 Å². The van der Waals surface area contributed by atoms with Crippen LogP contribution in [0.5, 0.6) is 0 Å². The van der Waals surface area contributed by atoms with Gasteiger partial charge in [-0.1, -0.05) is 108 Å². The third kappa shape index (κ3) is 9.42. The van der Waals surface area contributed by atoms with E-state index in [9.17, 15) is 9.90 Å². The number of carbonyl (C=O) groups is 1. The van der Waals surface area contributed by atoms with Gasteiger partial charge >= 0.3 is 0 Å². The van der Waals surface area contributed by atoms with Crippen LogP contribution < -0.4 is 0 Å². The fraction of sp³-hybridized carbons (Fsp3) is 0.512. The number of hydrogen-bond donors (Lipinski definition) is 1. The van der Waals surface area contributed by atoms with Crippen molar-refractivity contribution in [3.05, 3.63) is 84.4 Å². The Bertz CT molecular complexity index is 1620. The first-order valence-electron chi connectivity index (χ1n) is 18.2. The number of aromatic nitrogens is 2. The smallest absolute Gasteiger partial charge is 0.162 e. The van der Waals surface area contributed by atoms with Gasteiger partial charge in [0.1, 0.15) is 6.33 Å². The van der Waals surface area contributed by atoms with Gasteiger partial charge in [0.05, 0.1) is 11.3 Å². The van der Waals surface area contributed by atoms with Gasteiger partial charge in [0, 0.05) is 38.0 Å². The van der Waals surface area contributed by atoms with Crippen LogP contribution in [-0.2, 0) is 24.9 Å². The molecule has 48 heavy (non-hydrogen) atoms. The summed E-state index contributed by atoms with van der Waals surface area (Å²) in [6, 6.07) is 22.9. The molecule has 3 aliphatic rings. The van der Waals surface area contributed by atoms with Crippen LogP contribution >= 0.6 is 0 Å². The van der Waals surface area contributed by atoms with Crippen LogP contribution in [0.2, 0.25) is 0 Å². The minimum atomic E-state index is 0. The molecule has 0 unspecified atom stereocenters. The number of rotatable bonds is 7. The molecule has 1 heterocycles. The van der Waals surface area contributed by atoms with Crippen molar-refractivity contribution in [3.8, 4) is 11.3 Å². The number of aliphatic hydroxyl groups excluding tert-OH is 1. The van der Waals surface area contributed by atoms with Gasteiger partial charge in [0.15, 0.2) is 5.78 Å². The van der Waals surface area contributed by atoms with E-state index in [2.05, 4.69) is 66.5 Å². The summed E-state index contributed by atoms with van der Waals surface area (Å²) >= 11 is 0. The summed E-state index contributed by atoms with van der Waals surface area (Å²) in [6.07, 6.45) is 22.7. The van der Waals surface area contributed by atoms with Crippen LogP contribution in [0.25, 0.3) is 32.9 Å². The molecule has 0 spiro atoms. The molecule has 3 saturated carbocycles. The SMILES string of the molecule is C.CCCC1CCC(c2ccc3ncnc(-c4[c-]ccc5ccccc45)c3c2)CC1.O=C(C=C(O)C1CCCCC1)C1CCCCC1.[Ir]. The molecule has 1 radical (unpaired) electrons. The topological polar surface area (TPSA) is 63.1 Å². The number of hydrogen-bond acceptors (Lipinski definition) is 4. The summed E-state index contributed by atoms with van der Waals surface area (Å²) in [4.78, 5) is 21.3. The molecule has 0 bridgehead atoms. The predicted octanol–water partition coefficient (Wildman–Crippen LogP) is 12.1. The van der Waals surface area contributed by atoms with Gasteiger partial charge in [-0.15, -0.1) is 29.1 Å². The Kier molecular flexibility index (Phi) is 14.8. The van der Waals surface area contributed by atoms with Crippen molar-refractivity contribution < 1.29 is 30.0 Å². The number of ketones is 1. The summed E-state index contributed by atoms with van der Waals surface area (Å²) in [6.45, 7) is 2.31. The van der Waals surface area contributed by atoms with Crippen LogP contribution in [0.4, 0.5) is 0 Å². The van der Waals surface area contributed by atoms with Crippen LogP contribution in [0.1, 0.15) is 129 Å². The Morgan fingerprint density at radius 1 is 0.833 bits per heavy atom. The van der Waals surface area contributed by atoms with Gasteiger partial charge in [-0.05, 0) is 85.9 Å². The summed E-state index contributed by atoms with van der Waals surface area (Å²) < 4.78 is 0. The molecule has 4 nitrogen and oxygen atoms in total. The van der Waals surface area contributed by atoms with Crippen LogP contribution in [0.15, 0.2) is 72.8 Å². The second kappa shape index (κ2) is 18.8. The molecule has 0 atom stereocenters. The van der Waals surface area contributed by atoms with Crippen molar-refractivity contribution in [1.82, 2.24) is 9.97 Å². The normalized spacial score (nSPS) is 20.6. The van der Waals surface area contributed by atoms with Gasteiger partial charge in [-0.2, -0.15) is 0 Å². The fourth-order valence-corrected chi connectivity index (χ4v) is 8.25. The summed E-state index contributed by atoms with van der Waals surface area (Å²) in [5, 5.41) is 13.6. The Morgan fingerprint density at radius 3 is 2.23 bits per heavy atom. The van der Waals surface area contributed by atoms with E-state index >= 15 is 0 Å². The van der Waals surface area contributed by atoms with Crippen molar-refractivity contribution in [1.29, 1.82) is 0 Å². The zero-order valence-corrected chi connectivity index (χ0v) is 30.5. The van der Waals surface area contributed by atoms with E-state index in [4.69, 9.17) is 4.98 Å². The van der Waals surface area contributed by atoms with Crippen LogP contribution in [-0.4, -0.2) is 20.9 Å². The van der Waals surface area contributed by atoms with Crippen molar-refractivity contribution in [2.24, 2.45) is 17.8 Å². The first kappa shape index (κ1) is 37.9. The third-order valence-corrected chi connectivity index (χ3v) is 11.0. The minimum absolute atomic E-state index is 0. The van der Waals surface area contributed by atoms with Crippen molar-refractivity contribution >= 4 is 27.5 Å². The van der Waals surface area contributed by atoms with E-state index < -0.39 is 0 Å². The first-order chi connectivity index (χ1) is 22.6. The Morgan fingerprint density at radius 2 is 1.52 bits per heavy atom. The van der Waals surface area contributed by atoms with Crippen molar-refractivity contribution in [2.45, 2.75) is 123 Å². The molecule has 1 aromatic heterocycles. The Hall–Kier alpha value is -2.88. The number of allylic oxidation sites excluding steroid dienone is 2. The maximum Gasteiger partial charge on any atom is 0.162 e. The average Bonchev–Trinajstić information content (AvgIpc) is 3.12. The van der Waals surface area contributed by atoms with Gasteiger partial charge < -0.3 is 5.11 Å². The van der Waals surface area contributed by atoms with Gasteiger partial charge in [-0.25, -0.2) is 4.98 Å². The molecule has 0 amide bonds. The standard InChI is InChI=1S/C27H27N2.C15H24O2.CH4.Ir/c1-2-6-19-11-13-20(14-12-19)22-15-16-26-25(17-22)27(29-18-28-26)24-10-5-8-21-7-3-4-9-23(21)24;16-14(12-7-3-1-4-8-12)11-15(17)13-9-5-2-6-10-13;;/h3-5,7-9,15-20H,2,6,11-14H2,1H3;11-13,16H,1-10H2;1H4;/q-1;;;. The number of nitrogens with zero attached hydrogens (tertiary/aromatic N) is 2. The molecule has 3 fully saturated rings. The van der Waals surface area contributed by atoms with Crippen molar-refractivity contribution in [2.75, 3.05) is 0 Å². The molecule has 4 aromatic rings. The summed E-state index contributed by atoms with van der Waals surface area (Å²) in [5.74, 6) is 2.58. The minimum Gasteiger partial charge on any atom is -0.512 e. The molecular weight excluding hydrogens is 769 g/mol. The molecule has 7 rings (SSSR count). The number of carbonyl (C=O) groups excluding carboxylic acids is 1. The fourth-order valence-electron chi connectivity index (χ4n) is 8.25. The molecular formula is C43H55IrN2O2-. The molecule has 1 N–H and O–H groups in total. The first-order valence-corrected chi connectivity index (χ1v) is 18.2.